The standard InChI is InChI=1S/C19H15NO5/c1-10-7-15-17(19(23)20(10)2)12(8-16(21)25-15)13-9-24-14-6-4-3-5-11(14)18(13)22/h3-7,9,12H,8H2,1-2H3. The van der Waals surface area contributed by atoms with Crippen LogP contribution in [0, 0.1) is 6.92 Å². The van der Waals surface area contributed by atoms with Crippen LogP contribution < -0.4 is 15.7 Å². The first-order valence-corrected chi connectivity index (χ1v) is 7.89. The van der Waals surface area contributed by atoms with Gasteiger partial charge in [0.1, 0.15) is 11.3 Å². The Morgan fingerprint density at radius 1 is 1.16 bits per heavy atom. The second-order valence-corrected chi connectivity index (χ2v) is 6.17. The smallest absolute Gasteiger partial charge is 0.312 e. The molecule has 0 spiro atoms. The molecule has 0 bridgehead atoms. The molecule has 3 heterocycles. The van der Waals surface area contributed by atoms with E-state index in [9.17, 15) is 14.4 Å². The van der Waals surface area contributed by atoms with Crippen LogP contribution >= 0.6 is 0 Å². The van der Waals surface area contributed by atoms with Crippen molar-refractivity contribution in [3.05, 3.63) is 74.0 Å². The third-order valence-electron chi connectivity index (χ3n) is 4.69. The fourth-order valence-corrected chi connectivity index (χ4v) is 3.25. The molecule has 1 aliphatic heterocycles. The number of nitrogens with zero attached hydrogens (tertiary/aromatic N) is 1. The Balaban J connectivity index is 2.01. The van der Waals surface area contributed by atoms with Gasteiger partial charge in [-0.05, 0) is 19.1 Å². The van der Waals surface area contributed by atoms with Gasteiger partial charge in [0.05, 0.1) is 23.6 Å². The lowest BCUT2D eigenvalue weighted by Crippen LogP contribution is -2.33. The van der Waals surface area contributed by atoms with E-state index in [0.29, 0.717) is 22.2 Å². The summed E-state index contributed by atoms with van der Waals surface area (Å²) in [5.74, 6) is -0.941. The van der Waals surface area contributed by atoms with Crippen LogP contribution in [0.25, 0.3) is 11.0 Å². The number of benzene rings is 1. The number of para-hydroxylation sites is 1. The zero-order valence-electron chi connectivity index (χ0n) is 13.7. The predicted octanol–water partition coefficient (Wildman–Crippen LogP) is 2.24. The maximum absolute atomic E-state index is 12.9. The SMILES string of the molecule is Cc1cc2c(c(=O)n1C)C(c1coc3ccccc3c1=O)CC(=O)O2. The van der Waals surface area contributed by atoms with Gasteiger partial charge in [-0.3, -0.25) is 14.4 Å². The summed E-state index contributed by atoms with van der Waals surface area (Å²) in [7, 11) is 1.65. The lowest BCUT2D eigenvalue weighted by molar-refractivity contribution is -0.135. The first-order valence-electron chi connectivity index (χ1n) is 7.89. The van der Waals surface area contributed by atoms with Gasteiger partial charge in [0.25, 0.3) is 5.56 Å². The number of ether oxygens (including phenoxy) is 1. The number of esters is 1. The Bertz CT molecular complexity index is 1140. The largest absolute Gasteiger partial charge is 0.464 e. The van der Waals surface area contributed by atoms with Crippen molar-refractivity contribution in [1.82, 2.24) is 4.57 Å². The van der Waals surface area contributed by atoms with Gasteiger partial charge >= 0.3 is 5.97 Å². The Morgan fingerprint density at radius 2 is 1.92 bits per heavy atom. The quantitative estimate of drug-likeness (QED) is 0.636. The molecule has 0 saturated carbocycles. The van der Waals surface area contributed by atoms with Crippen LogP contribution in [0.5, 0.6) is 5.75 Å². The molecule has 6 heteroatoms. The molecule has 25 heavy (non-hydrogen) atoms. The number of aryl methyl sites for hydroxylation is 1. The Kier molecular flexibility index (Phi) is 3.35. The number of pyridine rings is 1. The van der Waals surface area contributed by atoms with Crippen molar-refractivity contribution in [3.8, 4) is 5.75 Å². The highest BCUT2D eigenvalue weighted by Gasteiger charge is 2.34. The van der Waals surface area contributed by atoms with Crippen molar-refractivity contribution in [2.45, 2.75) is 19.3 Å². The Labute approximate surface area is 142 Å². The lowest BCUT2D eigenvalue weighted by atomic mass is 9.87. The summed E-state index contributed by atoms with van der Waals surface area (Å²) in [6, 6.07) is 8.53. The van der Waals surface area contributed by atoms with E-state index in [1.165, 1.54) is 10.8 Å². The molecular formula is C19H15NO5. The highest BCUT2D eigenvalue weighted by molar-refractivity contribution is 5.80. The van der Waals surface area contributed by atoms with Gasteiger partial charge in [0, 0.05) is 30.3 Å². The van der Waals surface area contributed by atoms with E-state index in [4.69, 9.17) is 9.15 Å². The summed E-state index contributed by atoms with van der Waals surface area (Å²) >= 11 is 0. The van der Waals surface area contributed by atoms with Gasteiger partial charge < -0.3 is 13.7 Å². The van der Waals surface area contributed by atoms with Crippen LogP contribution in [-0.2, 0) is 11.8 Å². The van der Waals surface area contributed by atoms with Crippen molar-refractivity contribution in [3.63, 3.8) is 0 Å². The number of carbonyl (C=O) groups is 1. The van der Waals surface area contributed by atoms with Gasteiger partial charge in [-0.25, -0.2) is 0 Å². The molecule has 4 rings (SSSR count). The molecule has 6 nitrogen and oxygen atoms in total. The molecule has 2 aromatic heterocycles. The molecule has 1 atom stereocenters. The Hall–Kier alpha value is -3.15. The highest BCUT2D eigenvalue weighted by Crippen LogP contribution is 2.36. The maximum Gasteiger partial charge on any atom is 0.312 e. The van der Waals surface area contributed by atoms with E-state index in [-0.39, 0.29) is 28.7 Å². The number of rotatable bonds is 1. The number of aromatic nitrogens is 1. The van der Waals surface area contributed by atoms with E-state index >= 15 is 0 Å². The van der Waals surface area contributed by atoms with Crippen LogP contribution in [0.3, 0.4) is 0 Å². The number of hydrogen-bond acceptors (Lipinski definition) is 5. The minimum absolute atomic E-state index is 0.0750. The van der Waals surface area contributed by atoms with Crippen molar-refractivity contribution in [2.24, 2.45) is 7.05 Å². The highest BCUT2D eigenvalue weighted by atomic mass is 16.5. The first-order chi connectivity index (χ1) is 12.0. The maximum atomic E-state index is 12.9. The predicted molar refractivity (Wildman–Crippen MR) is 91.0 cm³/mol. The average Bonchev–Trinajstić information content (AvgIpc) is 2.59. The molecule has 0 radical (unpaired) electrons. The van der Waals surface area contributed by atoms with Crippen molar-refractivity contribution < 1.29 is 13.9 Å². The van der Waals surface area contributed by atoms with E-state index < -0.39 is 11.9 Å². The molecule has 0 amide bonds. The molecule has 0 N–H and O–H groups in total. The molecule has 0 aliphatic carbocycles. The lowest BCUT2D eigenvalue weighted by Gasteiger charge is -2.24. The topological polar surface area (TPSA) is 78.5 Å². The molecule has 3 aromatic rings. The summed E-state index contributed by atoms with van der Waals surface area (Å²) in [5.41, 5.74) is 1.22. The second kappa shape index (κ2) is 5.44. The van der Waals surface area contributed by atoms with Gasteiger partial charge in [-0.1, -0.05) is 12.1 Å². The number of hydrogen-bond donors (Lipinski definition) is 0. The van der Waals surface area contributed by atoms with Crippen LogP contribution in [0.4, 0.5) is 0 Å². The molecular weight excluding hydrogens is 322 g/mol. The molecule has 0 fully saturated rings. The minimum Gasteiger partial charge on any atom is -0.464 e. The van der Waals surface area contributed by atoms with Gasteiger partial charge in [0.15, 0.2) is 5.43 Å². The van der Waals surface area contributed by atoms with Gasteiger partial charge in [0.2, 0.25) is 0 Å². The Morgan fingerprint density at radius 3 is 2.72 bits per heavy atom. The second-order valence-electron chi connectivity index (χ2n) is 6.17. The van der Waals surface area contributed by atoms with E-state index in [1.807, 2.05) is 0 Å². The van der Waals surface area contributed by atoms with Crippen LogP contribution in [-0.4, -0.2) is 10.5 Å². The molecule has 126 valence electrons. The van der Waals surface area contributed by atoms with Gasteiger partial charge in [-0.15, -0.1) is 0 Å². The summed E-state index contributed by atoms with van der Waals surface area (Å²) in [6.45, 7) is 1.75. The number of fused-ring (bicyclic) bond motifs is 2. The third kappa shape index (κ3) is 2.29. The van der Waals surface area contributed by atoms with Crippen molar-refractivity contribution in [1.29, 1.82) is 0 Å². The van der Waals surface area contributed by atoms with Crippen molar-refractivity contribution >= 4 is 16.9 Å². The van der Waals surface area contributed by atoms with Crippen LogP contribution in [0.15, 0.2) is 50.6 Å². The monoisotopic (exact) mass is 337 g/mol. The zero-order chi connectivity index (χ0) is 17.7. The fourth-order valence-electron chi connectivity index (χ4n) is 3.25. The third-order valence-corrected chi connectivity index (χ3v) is 4.69. The molecule has 0 saturated heterocycles. The van der Waals surface area contributed by atoms with Crippen LogP contribution in [0.2, 0.25) is 0 Å². The van der Waals surface area contributed by atoms with E-state index in [0.717, 1.165) is 0 Å². The minimum atomic E-state index is -0.684. The molecule has 1 unspecified atom stereocenters. The van der Waals surface area contributed by atoms with Gasteiger partial charge in [-0.2, -0.15) is 0 Å². The fraction of sp³-hybridized carbons (Fsp3) is 0.211. The zero-order valence-corrected chi connectivity index (χ0v) is 13.7. The number of carbonyl (C=O) groups excluding carboxylic acids is 1. The van der Waals surface area contributed by atoms with Crippen LogP contribution in [0.1, 0.15) is 29.2 Å². The van der Waals surface area contributed by atoms with Crippen molar-refractivity contribution in [2.75, 3.05) is 0 Å². The normalized spacial score (nSPS) is 16.6. The average molecular weight is 337 g/mol. The summed E-state index contributed by atoms with van der Waals surface area (Å²) in [5, 5.41) is 0.421. The first kappa shape index (κ1) is 15.4. The summed E-state index contributed by atoms with van der Waals surface area (Å²) in [6.07, 6.45) is 1.27. The van der Waals surface area contributed by atoms with E-state index in [2.05, 4.69) is 0 Å². The molecule has 1 aromatic carbocycles. The summed E-state index contributed by atoms with van der Waals surface area (Å²) < 4.78 is 12.3. The summed E-state index contributed by atoms with van der Waals surface area (Å²) in [4.78, 5) is 37.7. The van der Waals surface area contributed by atoms with E-state index in [1.54, 1.807) is 44.3 Å². The molecule has 1 aliphatic rings.